The van der Waals surface area contributed by atoms with Crippen LogP contribution in [0.2, 0.25) is 0 Å². The van der Waals surface area contributed by atoms with Gasteiger partial charge in [-0.15, -0.1) is 0 Å². The predicted molar refractivity (Wildman–Crippen MR) is 332 cm³/mol. The van der Waals surface area contributed by atoms with E-state index >= 15 is 0 Å². The fraction of sp³-hybridized carbons (Fsp3) is 0.986. The highest BCUT2D eigenvalue weighted by Crippen LogP contribution is 2.24. The SMILES string of the molecule is CCCCCCCCCCCCCCCCCCCCCCCCCCCCCCCCCCCCCC(=O)NC(COC1OC(CO)C(O)C(O)C1O)C(O)CCCCCCCCCCCCCCCCCCCCCC. The molecular formula is C69H137NO8. The van der Waals surface area contributed by atoms with Gasteiger partial charge in [0.05, 0.1) is 25.4 Å². The van der Waals surface area contributed by atoms with Crippen molar-refractivity contribution in [3.8, 4) is 0 Å². The molecule has 1 heterocycles. The van der Waals surface area contributed by atoms with E-state index in [1.165, 1.54) is 315 Å². The minimum Gasteiger partial charge on any atom is -0.394 e. The summed E-state index contributed by atoms with van der Waals surface area (Å²) in [5.41, 5.74) is 0. The van der Waals surface area contributed by atoms with Gasteiger partial charge in [0.25, 0.3) is 0 Å². The maximum Gasteiger partial charge on any atom is 0.220 e. The monoisotopic (exact) mass is 1110 g/mol. The maximum absolute atomic E-state index is 13.1. The summed E-state index contributed by atoms with van der Waals surface area (Å²) in [6.45, 7) is 3.91. The standard InChI is InChI=1S/C69H137NO8/c1-3-5-7-9-11-13-15-17-19-21-23-25-26-27-28-29-30-31-32-33-34-35-36-37-38-39-41-43-45-47-49-51-53-55-57-59-65(73)70-62(61-77-69-68(76)67(75)66(74)64(60-71)78-69)63(72)58-56-54-52-50-48-46-44-42-40-24-22-20-18-16-14-12-10-8-6-4-2/h62-64,66-69,71-72,74-76H,3-61H2,1-2H3,(H,70,73). The number of nitrogens with one attached hydrogen (secondary N) is 1. The van der Waals surface area contributed by atoms with Gasteiger partial charge < -0.3 is 40.3 Å². The lowest BCUT2D eigenvalue weighted by Crippen LogP contribution is -2.60. The molecule has 1 aliphatic rings. The average Bonchev–Trinajstić information content (AvgIpc) is 3.45. The lowest BCUT2D eigenvalue weighted by molar-refractivity contribution is -0.302. The number of unbranched alkanes of at least 4 members (excludes halogenated alkanes) is 53. The van der Waals surface area contributed by atoms with Crippen molar-refractivity contribution in [2.45, 2.75) is 423 Å². The molecule has 0 aromatic rings. The third-order valence-corrected chi connectivity index (χ3v) is 17.5. The molecule has 1 aliphatic heterocycles. The van der Waals surface area contributed by atoms with Crippen molar-refractivity contribution >= 4 is 5.91 Å². The Morgan fingerprint density at radius 1 is 0.385 bits per heavy atom. The molecule has 9 nitrogen and oxygen atoms in total. The molecule has 6 N–H and O–H groups in total. The normalized spacial score (nSPS) is 18.5. The van der Waals surface area contributed by atoms with E-state index in [9.17, 15) is 30.3 Å². The summed E-state index contributed by atoms with van der Waals surface area (Å²) in [6, 6.07) is -0.715. The van der Waals surface area contributed by atoms with Gasteiger partial charge >= 0.3 is 0 Å². The van der Waals surface area contributed by atoms with Crippen molar-refractivity contribution in [1.29, 1.82) is 0 Å². The van der Waals surface area contributed by atoms with Crippen molar-refractivity contribution < 1.29 is 39.8 Å². The van der Waals surface area contributed by atoms with Crippen molar-refractivity contribution in [3.05, 3.63) is 0 Å². The summed E-state index contributed by atoms with van der Waals surface area (Å²) in [7, 11) is 0. The third kappa shape index (κ3) is 47.7. The molecule has 0 radical (unpaired) electrons. The van der Waals surface area contributed by atoms with Gasteiger partial charge in [0.15, 0.2) is 6.29 Å². The van der Waals surface area contributed by atoms with Crippen LogP contribution in [0.1, 0.15) is 380 Å². The Morgan fingerprint density at radius 3 is 0.910 bits per heavy atom. The topological polar surface area (TPSA) is 149 Å². The molecule has 78 heavy (non-hydrogen) atoms. The summed E-state index contributed by atoms with van der Waals surface area (Å²) < 4.78 is 11.4. The number of hydrogen-bond acceptors (Lipinski definition) is 8. The summed E-state index contributed by atoms with van der Waals surface area (Å²) in [6.07, 6.45) is 67.6. The van der Waals surface area contributed by atoms with E-state index < -0.39 is 49.5 Å². The van der Waals surface area contributed by atoms with Crippen LogP contribution in [0.3, 0.4) is 0 Å². The zero-order valence-electron chi connectivity index (χ0n) is 52.2. The molecule has 1 amide bonds. The van der Waals surface area contributed by atoms with E-state index in [-0.39, 0.29) is 12.5 Å². The molecule has 1 rings (SSSR count). The van der Waals surface area contributed by atoms with Gasteiger partial charge in [-0.25, -0.2) is 0 Å². The Labute approximate surface area is 484 Å². The molecule has 1 saturated heterocycles. The minimum absolute atomic E-state index is 0.130. The van der Waals surface area contributed by atoms with Gasteiger partial charge in [0.1, 0.15) is 24.4 Å². The fourth-order valence-electron chi connectivity index (χ4n) is 11.9. The molecule has 7 atom stereocenters. The first-order chi connectivity index (χ1) is 38.3. The van der Waals surface area contributed by atoms with Crippen LogP contribution in [0.4, 0.5) is 0 Å². The van der Waals surface area contributed by atoms with Gasteiger partial charge in [-0.3, -0.25) is 4.79 Å². The Morgan fingerprint density at radius 2 is 0.641 bits per heavy atom. The number of hydrogen-bond donors (Lipinski definition) is 6. The van der Waals surface area contributed by atoms with Crippen molar-refractivity contribution in [2.75, 3.05) is 13.2 Å². The second-order valence-corrected chi connectivity index (χ2v) is 25.0. The highest BCUT2D eigenvalue weighted by Gasteiger charge is 2.44. The van der Waals surface area contributed by atoms with Crippen LogP contribution < -0.4 is 5.32 Å². The van der Waals surface area contributed by atoms with E-state index in [0.717, 1.165) is 38.5 Å². The Kier molecular flexibility index (Phi) is 57.2. The molecule has 9 heteroatoms. The first-order valence-electron chi connectivity index (χ1n) is 35.2. The van der Waals surface area contributed by atoms with Gasteiger partial charge in [-0.05, 0) is 12.8 Å². The van der Waals surface area contributed by atoms with E-state index in [1.54, 1.807) is 0 Å². The van der Waals surface area contributed by atoms with Crippen LogP contribution in [0.5, 0.6) is 0 Å². The minimum atomic E-state index is -1.55. The largest absolute Gasteiger partial charge is 0.394 e. The zero-order chi connectivity index (χ0) is 56.5. The van der Waals surface area contributed by atoms with E-state index in [1.807, 2.05) is 0 Å². The lowest BCUT2D eigenvalue weighted by Gasteiger charge is -2.40. The third-order valence-electron chi connectivity index (χ3n) is 17.5. The van der Waals surface area contributed by atoms with Gasteiger partial charge in [0.2, 0.25) is 5.91 Å². The second-order valence-electron chi connectivity index (χ2n) is 25.0. The summed E-state index contributed by atoms with van der Waals surface area (Å²) in [5, 5.41) is 54.9. The maximum atomic E-state index is 13.1. The first kappa shape index (κ1) is 75.2. The predicted octanol–water partition coefficient (Wildman–Crippen LogP) is 18.9. The van der Waals surface area contributed by atoms with Crippen LogP contribution in [-0.2, 0) is 14.3 Å². The number of aliphatic hydroxyl groups is 5. The quantitative estimate of drug-likeness (QED) is 0.0330. The molecular weight excluding hydrogens is 971 g/mol. The van der Waals surface area contributed by atoms with E-state index in [0.29, 0.717) is 12.8 Å². The van der Waals surface area contributed by atoms with Crippen LogP contribution in [0, 0.1) is 0 Å². The van der Waals surface area contributed by atoms with Crippen LogP contribution in [0.15, 0.2) is 0 Å². The Bertz CT molecular complexity index is 1190. The first-order valence-corrected chi connectivity index (χ1v) is 35.2. The molecule has 0 aromatic heterocycles. The van der Waals surface area contributed by atoms with Crippen LogP contribution in [0.25, 0.3) is 0 Å². The number of aliphatic hydroxyl groups excluding tert-OH is 5. The molecule has 0 aliphatic carbocycles. The number of carbonyl (C=O) groups excluding carboxylic acids is 1. The van der Waals surface area contributed by atoms with Gasteiger partial charge in [-0.2, -0.15) is 0 Å². The number of ether oxygens (including phenoxy) is 2. The number of carbonyl (C=O) groups is 1. The lowest BCUT2D eigenvalue weighted by atomic mass is 9.99. The molecule has 466 valence electrons. The summed E-state index contributed by atoms with van der Waals surface area (Å²) >= 11 is 0. The number of rotatable bonds is 63. The van der Waals surface area contributed by atoms with Crippen LogP contribution in [-0.4, -0.2) is 87.5 Å². The molecule has 0 aromatic carbocycles. The van der Waals surface area contributed by atoms with Gasteiger partial charge in [-0.1, -0.05) is 361 Å². The molecule has 7 unspecified atom stereocenters. The number of amides is 1. The Balaban J connectivity index is 2.05. The highest BCUT2D eigenvalue weighted by molar-refractivity contribution is 5.76. The van der Waals surface area contributed by atoms with Crippen LogP contribution >= 0.6 is 0 Å². The molecule has 0 saturated carbocycles. The highest BCUT2D eigenvalue weighted by atomic mass is 16.7. The van der Waals surface area contributed by atoms with Gasteiger partial charge in [0, 0.05) is 6.42 Å². The van der Waals surface area contributed by atoms with E-state index in [4.69, 9.17) is 9.47 Å². The smallest absolute Gasteiger partial charge is 0.220 e. The molecule has 1 fully saturated rings. The summed E-state index contributed by atoms with van der Waals surface area (Å²) in [5.74, 6) is -0.133. The van der Waals surface area contributed by atoms with Crippen molar-refractivity contribution in [2.24, 2.45) is 0 Å². The Hall–Kier alpha value is -0.810. The van der Waals surface area contributed by atoms with E-state index in [2.05, 4.69) is 19.2 Å². The average molecular weight is 1110 g/mol. The molecule has 0 bridgehead atoms. The summed E-state index contributed by atoms with van der Waals surface area (Å²) in [4.78, 5) is 13.1. The zero-order valence-corrected chi connectivity index (χ0v) is 52.2. The van der Waals surface area contributed by atoms with Crippen molar-refractivity contribution in [3.63, 3.8) is 0 Å². The molecule has 0 spiro atoms. The van der Waals surface area contributed by atoms with Crippen molar-refractivity contribution in [1.82, 2.24) is 5.32 Å². The fourth-order valence-corrected chi connectivity index (χ4v) is 11.9. The second kappa shape index (κ2) is 59.4.